The van der Waals surface area contributed by atoms with Crippen LogP contribution in [0.5, 0.6) is 5.75 Å². The highest BCUT2D eigenvalue weighted by Crippen LogP contribution is 2.31. The van der Waals surface area contributed by atoms with Gasteiger partial charge in [0.05, 0.1) is 7.11 Å². The Kier molecular flexibility index (Phi) is 10.2. The predicted molar refractivity (Wildman–Crippen MR) is 150 cm³/mol. The predicted octanol–water partition coefficient (Wildman–Crippen LogP) is 7.30. The number of amides is 1. The van der Waals surface area contributed by atoms with Crippen LogP contribution in [0.15, 0.2) is 59.5 Å². The first-order valence-electron chi connectivity index (χ1n) is 12.9. The molecule has 0 spiro atoms. The van der Waals surface area contributed by atoms with Crippen molar-refractivity contribution in [2.45, 2.75) is 72.1 Å². The van der Waals surface area contributed by atoms with Crippen LogP contribution in [-0.2, 0) is 17.7 Å². The molecular weight excluding hydrogens is 468 g/mol. The monoisotopic (exact) mass is 510 g/mol. The van der Waals surface area contributed by atoms with E-state index in [-0.39, 0.29) is 12.1 Å². The van der Waals surface area contributed by atoms with Gasteiger partial charge in [0.25, 0.3) is 0 Å². The molecule has 3 rings (SSSR count). The Morgan fingerprint density at radius 3 is 2.64 bits per heavy atom. The van der Waals surface area contributed by atoms with E-state index in [9.17, 15) is 4.79 Å². The second-order valence-corrected chi connectivity index (χ2v) is 11.5. The highest BCUT2D eigenvalue weighted by atomic mass is 32.1. The number of nitrogens with zero attached hydrogens (tertiary/aromatic N) is 1. The fourth-order valence-corrected chi connectivity index (χ4v) is 5.20. The first kappa shape index (κ1) is 28.0. The Labute approximate surface area is 221 Å². The third-order valence-corrected chi connectivity index (χ3v) is 7.33. The molecule has 0 fully saturated rings. The van der Waals surface area contributed by atoms with Crippen LogP contribution in [0.25, 0.3) is 0 Å². The molecule has 1 N–H and O–H groups in total. The molecular formula is C30H42N2O3S. The van der Waals surface area contributed by atoms with E-state index >= 15 is 0 Å². The zero-order valence-electron chi connectivity index (χ0n) is 22.7. The number of alkyl carbamates (subject to hydrolysis) is 1. The number of hydrogen-bond acceptors (Lipinski definition) is 5. The lowest BCUT2D eigenvalue weighted by atomic mass is 9.89. The Balaban J connectivity index is 1.71. The molecule has 0 saturated carbocycles. The van der Waals surface area contributed by atoms with E-state index < -0.39 is 5.60 Å². The maximum Gasteiger partial charge on any atom is 0.407 e. The maximum atomic E-state index is 12.1. The number of allylic oxidation sites excluding steroid dienone is 4. The number of carbonyl (C=O) groups excluding carboxylic acids is 1. The third kappa shape index (κ3) is 8.52. The van der Waals surface area contributed by atoms with Crippen molar-refractivity contribution in [1.82, 2.24) is 10.2 Å². The molecule has 36 heavy (non-hydrogen) atoms. The lowest BCUT2D eigenvalue weighted by Crippen LogP contribution is -2.38. The molecule has 2 unspecified atom stereocenters. The summed E-state index contributed by atoms with van der Waals surface area (Å²) in [6.45, 7) is 12.2. The van der Waals surface area contributed by atoms with E-state index in [2.05, 4.69) is 78.0 Å². The van der Waals surface area contributed by atoms with E-state index in [0.717, 1.165) is 31.6 Å². The van der Waals surface area contributed by atoms with Crippen LogP contribution >= 0.6 is 11.3 Å². The molecule has 6 heteroatoms. The van der Waals surface area contributed by atoms with Crippen LogP contribution in [0.3, 0.4) is 0 Å². The van der Waals surface area contributed by atoms with Crippen LogP contribution < -0.4 is 10.1 Å². The lowest BCUT2D eigenvalue weighted by molar-refractivity contribution is 0.0518. The molecule has 0 saturated heterocycles. The van der Waals surface area contributed by atoms with Gasteiger partial charge in [-0.3, -0.25) is 4.90 Å². The summed E-state index contributed by atoms with van der Waals surface area (Å²) in [4.78, 5) is 15.8. The molecule has 1 aliphatic carbocycles. The average molecular weight is 511 g/mol. The number of benzene rings is 1. The zero-order valence-corrected chi connectivity index (χ0v) is 23.5. The molecule has 0 bridgehead atoms. The van der Waals surface area contributed by atoms with Crippen molar-refractivity contribution in [3.63, 3.8) is 0 Å². The van der Waals surface area contributed by atoms with Crippen molar-refractivity contribution in [2.75, 3.05) is 20.2 Å². The van der Waals surface area contributed by atoms with Gasteiger partial charge >= 0.3 is 6.09 Å². The van der Waals surface area contributed by atoms with Crippen LogP contribution in [0, 0.1) is 5.92 Å². The van der Waals surface area contributed by atoms with Crippen LogP contribution in [0.2, 0.25) is 0 Å². The van der Waals surface area contributed by atoms with Gasteiger partial charge in [-0.15, -0.1) is 11.3 Å². The largest absolute Gasteiger partial charge is 0.496 e. The number of thiophene rings is 1. The summed E-state index contributed by atoms with van der Waals surface area (Å²) >= 11 is 1.75. The Morgan fingerprint density at radius 1 is 1.19 bits per heavy atom. The van der Waals surface area contributed by atoms with E-state index in [1.165, 1.54) is 21.6 Å². The molecule has 2 atom stereocenters. The SMILES string of the molecule is COc1cc(C(C)N(CCNC(=O)OC(C)(C)C)Cc2cccs2)ccc1CC(C)C1=CCCC=C1. The smallest absolute Gasteiger partial charge is 0.407 e. The highest BCUT2D eigenvalue weighted by Gasteiger charge is 2.21. The number of methoxy groups -OCH3 is 1. The second kappa shape index (κ2) is 13.1. The van der Waals surface area contributed by atoms with Crippen LogP contribution in [0.4, 0.5) is 4.79 Å². The van der Waals surface area contributed by atoms with Gasteiger partial charge in [0, 0.05) is 30.6 Å². The molecule has 1 aromatic heterocycles. The highest BCUT2D eigenvalue weighted by molar-refractivity contribution is 7.09. The van der Waals surface area contributed by atoms with Gasteiger partial charge in [-0.05, 0) is 87.1 Å². The molecule has 5 nitrogen and oxygen atoms in total. The fraction of sp³-hybridized carbons (Fsp3) is 0.500. The standard InChI is InChI=1S/C30H42N2O3S/c1-22(24-11-8-7-9-12-24)19-26-15-14-25(20-28(26)34-6)23(2)32(21-27-13-10-18-36-27)17-16-31-29(33)35-30(3,4)5/h8,10-15,18,20,22-23H,7,9,16-17,19,21H2,1-6H3,(H,31,33). The normalized spacial score (nSPS) is 15.4. The maximum absolute atomic E-state index is 12.1. The summed E-state index contributed by atoms with van der Waals surface area (Å²) in [6.07, 6.45) is 9.75. The van der Waals surface area contributed by atoms with Gasteiger partial charge in [-0.2, -0.15) is 0 Å². The topological polar surface area (TPSA) is 50.8 Å². The first-order valence-corrected chi connectivity index (χ1v) is 13.8. The van der Waals surface area contributed by atoms with Gasteiger partial charge in [-0.25, -0.2) is 4.79 Å². The Morgan fingerprint density at radius 2 is 2.00 bits per heavy atom. The number of carbonyl (C=O) groups is 1. The van der Waals surface area contributed by atoms with E-state index in [1.807, 2.05) is 20.8 Å². The summed E-state index contributed by atoms with van der Waals surface area (Å²) in [6, 6.07) is 11.0. The van der Waals surface area contributed by atoms with Gasteiger partial charge < -0.3 is 14.8 Å². The molecule has 0 aliphatic heterocycles. The molecule has 196 valence electrons. The molecule has 1 amide bonds. The van der Waals surface area contributed by atoms with Crippen molar-refractivity contribution in [2.24, 2.45) is 5.92 Å². The van der Waals surface area contributed by atoms with Crippen LogP contribution in [0.1, 0.15) is 69.5 Å². The van der Waals surface area contributed by atoms with Gasteiger partial charge in [0.1, 0.15) is 11.4 Å². The zero-order chi connectivity index (χ0) is 26.1. The number of rotatable bonds is 11. The minimum absolute atomic E-state index is 0.150. The molecule has 0 radical (unpaired) electrons. The Hall–Kier alpha value is -2.57. The lowest BCUT2D eigenvalue weighted by Gasteiger charge is -2.30. The first-order chi connectivity index (χ1) is 17.2. The van der Waals surface area contributed by atoms with Crippen molar-refractivity contribution >= 4 is 17.4 Å². The average Bonchev–Trinajstić information content (AvgIpc) is 3.36. The molecule has 1 aliphatic rings. The fourth-order valence-electron chi connectivity index (χ4n) is 4.48. The van der Waals surface area contributed by atoms with Crippen molar-refractivity contribution in [3.8, 4) is 5.75 Å². The summed E-state index contributed by atoms with van der Waals surface area (Å²) in [5.41, 5.74) is 3.35. The van der Waals surface area contributed by atoms with Gasteiger partial charge in [0.15, 0.2) is 0 Å². The quantitative estimate of drug-likeness (QED) is 0.345. The molecule has 1 heterocycles. The second-order valence-electron chi connectivity index (χ2n) is 10.5. The number of nitrogens with one attached hydrogen (secondary N) is 1. The molecule has 2 aromatic rings. The summed E-state index contributed by atoms with van der Waals surface area (Å²) in [5, 5.41) is 5.01. The van der Waals surface area contributed by atoms with E-state index in [1.54, 1.807) is 18.4 Å². The van der Waals surface area contributed by atoms with Gasteiger partial charge in [0.2, 0.25) is 0 Å². The summed E-state index contributed by atoms with van der Waals surface area (Å²) in [7, 11) is 1.76. The van der Waals surface area contributed by atoms with Gasteiger partial charge in [-0.1, -0.05) is 43.4 Å². The number of ether oxygens (including phenoxy) is 2. The Bertz CT molecular complexity index is 1040. The minimum atomic E-state index is -0.506. The number of hydrogen-bond donors (Lipinski definition) is 1. The minimum Gasteiger partial charge on any atom is -0.496 e. The van der Waals surface area contributed by atoms with Crippen molar-refractivity contribution in [1.29, 1.82) is 0 Å². The summed E-state index contributed by atoms with van der Waals surface area (Å²) < 4.78 is 11.2. The summed E-state index contributed by atoms with van der Waals surface area (Å²) in [5.74, 6) is 1.39. The molecule has 1 aromatic carbocycles. The van der Waals surface area contributed by atoms with E-state index in [0.29, 0.717) is 19.0 Å². The van der Waals surface area contributed by atoms with Crippen molar-refractivity contribution < 1.29 is 14.3 Å². The third-order valence-electron chi connectivity index (χ3n) is 6.47. The van der Waals surface area contributed by atoms with E-state index in [4.69, 9.17) is 9.47 Å². The van der Waals surface area contributed by atoms with Crippen molar-refractivity contribution in [3.05, 3.63) is 75.5 Å². The van der Waals surface area contributed by atoms with Crippen LogP contribution in [-0.4, -0.2) is 36.8 Å².